The zero-order valence-corrected chi connectivity index (χ0v) is 15.7. The molecule has 0 aliphatic rings. The molecular formula is C21H20N2O3S. The summed E-state index contributed by atoms with van der Waals surface area (Å²) in [5.74, 6) is 0.610. The van der Waals surface area contributed by atoms with Gasteiger partial charge in [0.25, 0.3) is 5.91 Å². The largest absolute Gasteiger partial charge is 0.507 e. The lowest BCUT2D eigenvalue weighted by Gasteiger charge is -2.12. The van der Waals surface area contributed by atoms with E-state index in [4.69, 9.17) is 17.0 Å². The van der Waals surface area contributed by atoms with E-state index in [-0.39, 0.29) is 16.8 Å². The first-order chi connectivity index (χ1) is 13.1. The topological polar surface area (TPSA) is 70.6 Å². The second kappa shape index (κ2) is 8.51. The van der Waals surface area contributed by atoms with Gasteiger partial charge in [0.2, 0.25) is 0 Å². The summed E-state index contributed by atoms with van der Waals surface area (Å²) < 4.78 is 5.51. The van der Waals surface area contributed by atoms with Crippen LogP contribution in [0.1, 0.15) is 23.7 Å². The molecule has 0 saturated carbocycles. The summed E-state index contributed by atoms with van der Waals surface area (Å²) in [5.41, 5.74) is 1.19. The molecule has 3 rings (SSSR count). The van der Waals surface area contributed by atoms with Crippen LogP contribution in [0, 0.1) is 0 Å². The van der Waals surface area contributed by atoms with Gasteiger partial charge in [0.1, 0.15) is 11.5 Å². The van der Waals surface area contributed by atoms with Crippen molar-refractivity contribution in [1.29, 1.82) is 0 Å². The van der Waals surface area contributed by atoms with Crippen molar-refractivity contribution in [3.63, 3.8) is 0 Å². The number of thiocarbonyl (C=S) groups is 1. The highest BCUT2D eigenvalue weighted by Crippen LogP contribution is 2.29. The number of amides is 1. The van der Waals surface area contributed by atoms with Crippen LogP contribution in [0.4, 0.5) is 5.69 Å². The van der Waals surface area contributed by atoms with Gasteiger partial charge in [-0.15, -0.1) is 0 Å². The van der Waals surface area contributed by atoms with Crippen LogP contribution in [0.15, 0.2) is 60.7 Å². The third-order valence-corrected chi connectivity index (χ3v) is 4.17. The number of benzene rings is 3. The lowest BCUT2D eigenvalue weighted by atomic mass is 10.1. The number of phenols is 1. The Balaban J connectivity index is 1.67. The molecule has 0 aromatic heterocycles. The summed E-state index contributed by atoms with van der Waals surface area (Å²) >= 11 is 5.26. The SMILES string of the molecule is CCCOc1ccc(C(=O)NC(=S)Nc2cccc3c(O)cccc23)cc1. The third kappa shape index (κ3) is 4.54. The molecule has 0 spiro atoms. The molecule has 0 heterocycles. The third-order valence-electron chi connectivity index (χ3n) is 3.96. The predicted octanol–water partition coefficient (Wildman–Crippen LogP) is 4.46. The number of phenolic OH excluding ortho intramolecular Hbond substituents is 1. The number of carbonyl (C=O) groups is 1. The lowest BCUT2D eigenvalue weighted by molar-refractivity contribution is 0.0977. The number of nitrogens with one attached hydrogen (secondary N) is 2. The lowest BCUT2D eigenvalue weighted by Crippen LogP contribution is -2.34. The van der Waals surface area contributed by atoms with E-state index in [1.165, 1.54) is 0 Å². The Hall–Kier alpha value is -3.12. The number of rotatable bonds is 5. The number of ether oxygens (including phenoxy) is 1. The summed E-state index contributed by atoms with van der Waals surface area (Å²) in [5, 5.41) is 17.3. The minimum Gasteiger partial charge on any atom is -0.507 e. The van der Waals surface area contributed by atoms with Crippen molar-refractivity contribution in [3.05, 3.63) is 66.2 Å². The Kier molecular flexibility index (Phi) is 5.88. The zero-order valence-electron chi connectivity index (χ0n) is 14.9. The fourth-order valence-corrected chi connectivity index (χ4v) is 2.86. The highest BCUT2D eigenvalue weighted by Gasteiger charge is 2.10. The Bertz CT molecular complexity index is 971. The molecule has 0 saturated heterocycles. The molecule has 3 N–H and O–H groups in total. The van der Waals surface area contributed by atoms with Crippen LogP contribution >= 0.6 is 12.2 Å². The quantitative estimate of drug-likeness (QED) is 0.570. The fourth-order valence-electron chi connectivity index (χ4n) is 2.65. The van der Waals surface area contributed by atoms with Crippen molar-refractivity contribution in [2.75, 3.05) is 11.9 Å². The maximum Gasteiger partial charge on any atom is 0.257 e. The van der Waals surface area contributed by atoms with Crippen LogP contribution in [0.25, 0.3) is 10.8 Å². The number of anilines is 1. The molecule has 1 amide bonds. The van der Waals surface area contributed by atoms with Gasteiger partial charge < -0.3 is 15.2 Å². The molecule has 6 heteroatoms. The Morgan fingerprint density at radius 3 is 2.48 bits per heavy atom. The fraction of sp³-hybridized carbons (Fsp3) is 0.143. The van der Waals surface area contributed by atoms with Crippen LogP contribution in [-0.2, 0) is 0 Å². The average molecular weight is 380 g/mol. The first-order valence-electron chi connectivity index (χ1n) is 8.64. The van der Waals surface area contributed by atoms with Crippen LogP contribution in [-0.4, -0.2) is 22.7 Å². The molecule has 3 aromatic carbocycles. The average Bonchev–Trinajstić information content (AvgIpc) is 2.67. The van der Waals surface area contributed by atoms with Crippen LogP contribution < -0.4 is 15.4 Å². The first-order valence-corrected chi connectivity index (χ1v) is 9.05. The second-order valence-corrected chi connectivity index (χ2v) is 6.37. The van der Waals surface area contributed by atoms with Gasteiger partial charge in [-0.1, -0.05) is 31.2 Å². The van der Waals surface area contributed by atoms with Gasteiger partial charge in [-0.25, -0.2) is 0 Å². The first kappa shape index (κ1) is 18.7. The van der Waals surface area contributed by atoms with E-state index in [0.717, 1.165) is 17.6 Å². The monoisotopic (exact) mass is 380 g/mol. The van der Waals surface area contributed by atoms with Crippen LogP contribution in [0.3, 0.4) is 0 Å². The van der Waals surface area contributed by atoms with Crippen LogP contribution in [0.5, 0.6) is 11.5 Å². The standard InChI is InChI=1S/C21H20N2O3S/c1-2-13-26-15-11-9-14(10-12-15)20(25)23-21(27)22-18-7-3-6-17-16(18)5-4-8-19(17)24/h3-12,24H,2,13H2,1H3,(H2,22,23,25,27). The van der Waals surface area contributed by atoms with E-state index in [9.17, 15) is 9.90 Å². The molecule has 0 unspecified atom stereocenters. The van der Waals surface area contributed by atoms with Crippen molar-refractivity contribution in [3.8, 4) is 11.5 Å². The Morgan fingerprint density at radius 1 is 1.04 bits per heavy atom. The summed E-state index contributed by atoms with van der Waals surface area (Å²) in [6, 6.07) is 17.6. The van der Waals surface area contributed by atoms with E-state index >= 15 is 0 Å². The molecule has 0 bridgehead atoms. The van der Waals surface area contributed by atoms with E-state index in [1.807, 2.05) is 31.2 Å². The summed E-state index contributed by atoms with van der Waals surface area (Å²) in [6.45, 7) is 2.67. The van der Waals surface area contributed by atoms with Crippen molar-refractivity contribution in [2.24, 2.45) is 0 Å². The minimum absolute atomic E-state index is 0.183. The zero-order chi connectivity index (χ0) is 19.2. The smallest absolute Gasteiger partial charge is 0.257 e. The minimum atomic E-state index is -0.308. The van der Waals surface area contributed by atoms with Gasteiger partial charge in [-0.2, -0.15) is 0 Å². The molecular weight excluding hydrogens is 360 g/mol. The highest BCUT2D eigenvalue weighted by atomic mass is 32.1. The maximum atomic E-state index is 12.4. The van der Waals surface area contributed by atoms with Crippen molar-refractivity contribution < 1.29 is 14.6 Å². The van der Waals surface area contributed by atoms with E-state index < -0.39 is 0 Å². The van der Waals surface area contributed by atoms with E-state index in [2.05, 4.69) is 10.6 Å². The van der Waals surface area contributed by atoms with Crippen molar-refractivity contribution in [1.82, 2.24) is 5.32 Å². The van der Waals surface area contributed by atoms with Gasteiger partial charge in [0.15, 0.2) is 5.11 Å². The second-order valence-electron chi connectivity index (χ2n) is 5.96. The maximum absolute atomic E-state index is 12.4. The number of hydrogen-bond acceptors (Lipinski definition) is 4. The van der Waals surface area contributed by atoms with Crippen molar-refractivity contribution in [2.45, 2.75) is 13.3 Å². The summed E-state index contributed by atoms with van der Waals surface area (Å²) in [7, 11) is 0. The highest BCUT2D eigenvalue weighted by molar-refractivity contribution is 7.80. The number of hydrogen-bond donors (Lipinski definition) is 3. The number of carbonyl (C=O) groups excluding carboxylic acids is 1. The molecule has 3 aromatic rings. The van der Waals surface area contributed by atoms with E-state index in [1.54, 1.807) is 36.4 Å². The number of aromatic hydroxyl groups is 1. The molecule has 0 aliphatic heterocycles. The van der Waals surface area contributed by atoms with E-state index in [0.29, 0.717) is 23.2 Å². The molecule has 0 radical (unpaired) electrons. The van der Waals surface area contributed by atoms with Gasteiger partial charge >= 0.3 is 0 Å². The molecule has 0 aliphatic carbocycles. The normalized spacial score (nSPS) is 10.4. The Labute approximate surface area is 163 Å². The van der Waals surface area contributed by atoms with Gasteiger partial charge in [-0.05, 0) is 55.0 Å². The summed E-state index contributed by atoms with van der Waals surface area (Å²) in [4.78, 5) is 12.4. The van der Waals surface area contributed by atoms with Crippen molar-refractivity contribution >= 4 is 39.7 Å². The summed E-state index contributed by atoms with van der Waals surface area (Å²) in [6.07, 6.45) is 0.925. The number of fused-ring (bicyclic) bond motifs is 1. The van der Waals surface area contributed by atoms with Crippen LogP contribution in [0.2, 0.25) is 0 Å². The molecule has 0 atom stereocenters. The molecule has 0 fully saturated rings. The molecule has 27 heavy (non-hydrogen) atoms. The molecule has 5 nitrogen and oxygen atoms in total. The molecule has 138 valence electrons. The van der Waals surface area contributed by atoms with Gasteiger partial charge in [-0.3, -0.25) is 10.1 Å². The Morgan fingerprint density at radius 2 is 1.74 bits per heavy atom. The predicted molar refractivity (Wildman–Crippen MR) is 112 cm³/mol. The van der Waals surface area contributed by atoms with Gasteiger partial charge in [0.05, 0.1) is 6.61 Å². The van der Waals surface area contributed by atoms with Gasteiger partial charge in [0, 0.05) is 22.0 Å².